The Labute approximate surface area is 145 Å². The number of rotatable bonds is 7. The quantitative estimate of drug-likeness (QED) is 0.836. The molecular formula is C20H30N2O2. The molecule has 1 atom stereocenters. The highest BCUT2D eigenvalue weighted by Crippen LogP contribution is 2.20. The number of amides is 1. The number of nitrogens with one attached hydrogen (secondary N) is 1. The molecule has 2 saturated heterocycles. The third-order valence-corrected chi connectivity index (χ3v) is 5.32. The van der Waals surface area contributed by atoms with Gasteiger partial charge in [-0.3, -0.25) is 4.79 Å². The molecule has 4 nitrogen and oxygen atoms in total. The maximum atomic E-state index is 12.9. The van der Waals surface area contributed by atoms with Gasteiger partial charge in [0.15, 0.2) is 0 Å². The highest BCUT2D eigenvalue weighted by Gasteiger charge is 2.23. The van der Waals surface area contributed by atoms with Gasteiger partial charge in [-0.15, -0.1) is 0 Å². The normalized spacial score (nSPS) is 21.8. The van der Waals surface area contributed by atoms with Gasteiger partial charge in [0.1, 0.15) is 0 Å². The van der Waals surface area contributed by atoms with Crippen molar-refractivity contribution < 1.29 is 9.53 Å². The van der Waals surface area contributed by atoms with E-state index in [9.17, 15) is 4.79 Å². The number of nitrogens with zero attached hydrogens (tertiary/aromatic N) is 1. The number of hydrogen-bond donors (Lipinski definition) is 1. The summed E-state index contributed by atoms with van der Waals surface area (Å²) in [6, 6.07) is 10.4. The second-order valence-corrected chi connectivity index (χ2v) is 7.21. The lowest BCUT2D eigenvalue weighted by atomic mass is 9.98. The maximum Gasteiger partial charge on any atom is 0.222 e. The molecule has 2 fully saturated rings. The van der Waals surface area contributed by atoms with Crippen molar-refractivity contribution in [1.82, 2.24) is 10.2 Å². The fraction of sp³-hybridized carbons (Fsp3) is 0.650. The summed E-state index contributed by atoms with van der Waals surface area (Å²) in [6.45, 7) is 5.47. The maximum absolute atomic E-state index is 12.9. The van der Waals surface area contributed by atoms with E-state index in [0.29, 0.717) is 24.2 Å². The molecule has 4 heteroatoms. The first-order chi connectivity index (χ1) is 11.8. The standard InChI is InChI=1S/C20H30N2O2/c23-20(7-6-17-8-11-21-14-17)22(15-18-4-2-1-3-5-18)16-19-9-12-24-13-10-19/h1-5,17,19,21H,6-16H2. The molecule has 1 aromatic rings. The zero-order chi connectivity index (χ0) is 16.6. The number of carbonyl (C=O) groups excluding carboxylic acids is 1. The fourth-order valence-electron chi connectivity index (χ4n) is 3.75. The predicted molar refractivity (Wildman–Crippen MR) is 95.6 cm³/mol. The molecule has 0 radical (unpaired) electrons. The molecule has 2 aliphatic heterocycles. The Morgan fingerprint density at radius 3 is 2.62 bits per heavy atom. The van der Waals surface area contributed by atoms with Crippen LogP contribution in [0, 0.1) is 11.8 Å². The zero-order valence-corrected chi connectivity index (χ0v) is 14.6. The van der Waals surface area contributed by atoms with Gasteiger partial charge >= 0.3 is 0 Å². The highest BCUT2D eigenvalue weighted by atomic mass is 16.5. The molecule has 132 valence electrons. The van der Waals surface area contributed by atoms with E-state index in [-0.39, 0.29) is 0 Å². The largest absolute Gasteiger partial charge is 0.381 e. The molecule has 1 aromatic carbocycles. The van der Waals surface area contributed by atoms with E-state index >= 15 is 0 Å². The van der Waals surface area contributed by atoms with Crippen LogP contribution in [0.15, 0.2) is 30.3 Å². The van der Waals surface area contributed by atoms with E-state index in [4.69, 9.17) is 4.74 Å². The summed E-state index contributed by atoms with van der Waals surface area (Å²) in [4.78, 5) is 14.9. The summed E-state index contributed by atoms with van der Waals surface area (Å²) in [5.74, 6) is 1.58. The van der Waals surface area contributed by atoms with Gasteiger partial charge in [-0.2, -0.15) is 0 Å². The minimum absolute atomic E-state index is 0.317. The first-order valence-corrected chi connectivity index (χ1v) is 9.41. The molecule has 3 rings (SSSR count). The third-order valence-electron chi connectivity index (χ3n) is 5.32. The lowest BCUT2D eigenvalue weighted by molar-refractivity contribution is -0.133. The van der Waals surface area contributed by atoms with Crippen LogP contribution in [0.4, 0.5) is 0 Å². The zero-order valence-electron chi connectivity index (χ0n) is 14.6. The Hall–Kier alpha value is -1.39. The molecule has 0 saturated carbocycles. The van der Waals surface area contributed by atoms with Crippen molar-refractivity contribution in [3.8, 4) is 0 Å². The molecular weight excluding hydrogens is 300 g/mol. The van der Waals surface area contributed by atoms with Crippen molar-refractivity contribution in [1.29, 1.82) is 0 Å². The van der Waals surface area contributed by atoms with Crippen LogP contribution in [-0.4, -0.2) is 43.7 Å². The SMILES string of the molecule is O=C(CCC1CCNC1)N(Cc1ccccc1)CC1CCOCC1. The molecule has 0 bridgehead atoms. The van der Waals surface area contributed by atoms with E-state index in [1.54, 1.807) is 0 Å². The Bertz CT molecular complexity index is 494. The molecule has 1 unspecified atom stereocenters. The highest BCUT2D eigenvalue weighted by molar-refractivity contribution is 5.76. The van der Waals surface area contributed by atoms with E-state index in [2.05, 4.69) is 34.5 Å². The monoisotopic (exact) mass is 330 g/mol. The second-order valence-electron chi connectivity index (χ2n) is 7.21. The minimum Gasteiger partial charge on any atom is -0.381 e. The van der Waals surface area contributed by atoms with Crippen molar-refractivity contribution in [2.75, 3.05) is 32.8 Å². The first kappa shape index (κ1) is 17.4. The average Bonchev–Trinajstić information content (AvgIpc) is 3.14. The molecule has 2 aliphatic rings. The number of carbonyl (C=O) groups is 1. The number of ether oxygens (including phenoxy) is 1. The summed E-state index contributed by atoms with van der Waals surface area (Å²) in [7, 11) is 0. The summed E-state index contributed by atoms with van der Waals surface area (Å²) >= 11 is 0. The Kier molecular flexibility index (Phi) is 6.67. The molecule has 0 aromatic heterocycles. The minimum atomic E-state index is 0.317. The van der Waals surface area contributed by atoms with Gasteiger partial charge in [0, 0.05) is 32.7 Å². The van der Waals surface area contributed by atoms with Crippen LogP contribution in [0.5, 0.6) is 0 Å². The van der Waals surface area contributed by atoms with Crippen LogP contribution < -0.4 is 5.32 Å². The Balaban J connectivity index is 1.57. The van der Waals surface area contributed by atoms with Crippen LogP contribution in [0.25, 0.3) is 0 Å². The van der Waals surface area contributed by atoms with Crippen LogP contribution in [0.1, 0.15) is 37.7 Å². The third kappa shape index (κ3) is 5.32. The van der Waals surface area contributed by atoms with Gasteiger partial charge in [0.25, 0.3) is 0 Å². The lowest BCUT2D eigenvalue weighted by Crippen LogP contribution is -2.37. The molecule has 2 heterocycles. The summed E-state index contributed by atoms with van der Waals surface area (Å²) < 4.78 is 5.46. The first-order valence-electron chi connectivity index (χ1n) is 9.41. The van der Waals surface area contributed by atoms with Gasteiger partial charge < -0.3 is 15.0 Å². The van der Waals surface area contributed by atoms with Crippen molar-refractivity contribution >= 4 is 5.91 Å². The summed E-state index contributed by atoms with van der Waals surface area (Å²) in [5, 5.41) is 3.39. The van der Waals surface area contributed by atoms with E-state index in [1.165, 1.54) is 12.0 Å². The fourth-order valence-corrected chi connectivity index (χ4v) is 3.75. The topological polar surface area (TPSA) is 41.6 Å². The summed E-state index contributed by atoms with van der Waals surface area (Å²) in [6.07, 6.45) is 5.06. The van der Waals surface area contributed by atoms with E-state index in [1.807, 2.05) is 6.07 Å². The predicted octanol–water partition coefficient (Wildman–Crippen LogP) is 2.83. The Morgan fingerprint density at radius 2 is 1.92 bits per heavy atom. The molecule has 0 spiro atoms. The molecule has 0 aliphatic carbocycles. The van der Waals surface area contributed by atoms with Gasteiger partial charge in [-0.05, 0) is 56.2 Å². The van der Waals surface area contributed by atoms with Gasteiger partial charge in [-0.1, -0.05) is 30.3 Å². The summed E-state index contributed by atoms with van der Waals surface area (Å²) in [5.41, 5.74) is 1.22. The van der Waals surface area contributed by atoms with Gasteiger partial charge in [0.05, 0.1) is 0 Å². The van der Waals surface area contributed by atoms with Crippen molar-refractivity contribution in [3.63, 3.8) is 0 Å². The van der Waals surface area contributed by atoms with E-state index in [0.717, 1.165) is 58.7 Å². The average molecular weight is 330 g/mol. The van der Waals surface area contributed by atoms with Crippen LogP contribution >= 0.6 is 0 Å². The Morgan fingerprint density at radius 1 is 1.12 bits per heavy atom. The molecule has 24 heavy (non-hydrogen) atoms. The second kappa shape index (κ2) is 9.19. The van der Waals surface area contributed by atoms with Crippen LogP contribution in [-0.2, 0) is 16.1 Å². The van der Waals surface area contributed by atoms with Crippen LogP contribution in [0.3, 0.4) is 0 Å². The smallest absolute Gasteiger partial charge is 0.222 e. The van der Waals surface area contributed by atoms with E-state index < -0.39 is 0 Å². The van der Waals surface area contributed by atoms with Gasteiger partial charge in [-0.25, -0.2) is 0 Å². The van der Waals surface area contributed by atoms with Crippen molar-refractivity contribution in [2.45, 2.75) is 38.6 Å². The molecule has 1 N–H and O–H groups in total. The number of hydrogen-bond acceptors (Lipinski definition) is 3. The molecule has 1 amide bonds. The van der Waals surface area contributed by atoms with Gasteiger partial charge in [0.2, 0.25) is 5.91 Å². The van der Waals surface area contributed by atoms with Crippen molar-refractivity contribution in [2.24, 2.45) is 11.8 Å². The lowest BCUT2D eigenvalue weighted by Gasteiger charge is -2.30. The van der Waals surface area contributed by atoms with Crippen LogP contribution in [0.2, 0.25) is 0 Å². The number of benzene rings is 1. The van der Waals surface area contributed by atoms with Crippen molar-refractivity contribution in [3.05, 3.63) is 35.9 Å².